The Bertz CT molecular complexity index is 653. The molecule has 1 amide bonds. The van der Waals surface area contributed by atoms with E-state index < -0.39 is 11.4 Å². The summed E-state index contributed by atoms with van der Waals surface area (Å²) in [7, 11) is 1.63. The van der Waals surface area contributed by atoms with Crippen molar-refractivity contribution in [2.45, 2.75) is 0 Å². The molecule has 2 atom stereocenters. The Balaban J connectivity index is 1.77. The van der Waals surface area contributed by atoms with E-state index in [2.05, 4.69) is 4.90 Å². The summed E-state index contributed by atoms with van der Waals surface area (Å²) in [5.41, 5.74) is -0.471. The number of aliphatic carboxylic acids is 1. The normalized spacial score (nSPS) is 26.6. The van der Waals surface area contributed by atoms with Crippen molar-refractivity contribution in [1.82, 2.24) is 9.80 Å². The smallest absolute Gasteiger partial charge is 0.313 e. The maximum atomic E-state index is 12.7. The predicted octanol–water partition coefficient (Wildman–Crippen LogP) is 1.44. The van der Waals surface area contributed by atoms with Crippen LogP contribution in [0, 0.1) is 11.3 Å². The van der Waals surface area contributed by atoms with Gasteiger partial charge in [-0.05, 0) is 12.1 Å². The number of carbonyl (C=O) groups excluding carboxylic acids is 1. The van der Waals surface area contributed by atoms with Gasteiger partial charge in [0.1, 0.15) is 5.41 Å². The number of benzene rings is 1. The van der Waals surface area contributed by atoms with Crippen molar-refractivity contribution in [3.8, 4) is 0 Å². The first-order chi connectivity index (χ1) is 11.5. The van der Waals surface area contributed by atoms with E-state index in [0.29, 0.717) is 43.4 Å². The molecule has 2 aliphatic heterocycles. The maximum Gasteiger partial charge on any atom is 0.313 e. The average molecular weight is 353 g/mol. The van der Waals surface area contributed by atoms with Gasteiger partial charge in [0, 0.05) is 45.8 Å². The van der Waals surface area contributed by atoms with E-state index in [9.17, 15) is 14.7 Å². The number of rotatable bonds is 5. The number of carbonyl (C=O) groups is 2. The highest BCUT2D eigenvalue weighted by Gasteiger charge is 2.58. The van der Waals surface area contributed by atoms with E-state index in [-0.39, 0.29) is 18.4 Å². The van der Waals surface area contributed by atoms with E-state index in [1.54, 1.807) is 36.3 Å². The molecule has 0 bridgehead atoms. The second-order valence-electron chi connectivity index (χ2n) is 6.55. The molecule has 130 valence electrons. The first-order valence-corrected chi connectivity index (χ1v) is 8.34. The lowest BCUT2D eigenvalue weighted by atomic mass is 9.81. The van der Waals surface area contributed by atoms with E-state index >= 15 is 0 Å². The molecule has 0 spiro atoms. The number of halogens is 1. The Kier molecular flexibility index (Phi) is 4.80. The number of nitrogens with zero attached hydrogens (tertiary/aromatic N) is 2. The van der Waals surface area contributed by atoms with E-state index in [1.807, 2.05) is 0 Å². The Labute approximate surface area is 145 Å². The molecule has 6 nitrogen and oxygen atoms in total. The summed E-state index contributed by atoms with van der Waals surface area (Å²) in [6.07, 6.45) is 0. The second-order valence-corrected chi connectivity index (χ2v) is 6.96. The number of ether oxygens (including phenoxy) is 1. The standard InChI is InChI=1S/C17H21ClN2O4/c1-24-7-6-19-8-12-9-20(11-17(12,10-19)16(22)23)15(21)13-4-2-3-5-14(13)18/h2-5,12H,6-11H2,1H3,(H,22,23)/t12?,17-/m1/s1. The third-order valence-electron chi connectivity index (χ3n) is 5.11. The van der Waals surface area contributed by atoms with Crippen LogP contribution in [0.2, 0.25) is 5.02 Å². The van der Waals surface area contributed by atoms with Crippen molar-refractivity contribution in [2.24, 2.45) is 11.3 Å². The highest BCUT2D eigenvalue weighted by Crippen LogP contribution is 2.43. The lowest BCUT2D eigenvalue weighted by Gasteiger charge is -2.25. The van der Waals surface area contributed by atoms with Crippen LogP contribution in [-0.2, 0) is 9.53 Å². The Morgan fingerprint density at radius 2 is 2.08 bits per heavy atom. The number of fused-ring (bicyclic) bond motifs is 1. The quantitative estimate of drug-likeness (QED) is 0.868. The van der Waals surface area contributed by atoms with Gasteiger partial charge in [0.15, 0.2) is 0 Å². The zero-order valence-corrected chi connectivity index (χ0v) is 14.3. The Hall–Kier alpha value is -1.63. The third kappa shape index (κ3) is 2.90. The van der Waals surface area contributed by atoms with Gasteiger partial charge in [-0.15, -0.1) is 0 Å². The van der Waals surface area contributed by atoms with Crippen LogP contribution >= 0.6 is 11.6 Å². The van der Waals surface area contributed by atoms with Gasteiger partial charge < -0.3 is 14.7 Å². The van der Waals surface area contributed by atoms with Gasteiger partial charge in [0.2, 0.25) is 0 Å². The van der Waals surface area contributed by atoms with Crippen LogP contribution in [0.15, 0.2) is 24.3 Å². The molecule has 1 aromatic rings. The minimum atomic E-state index is -0.898. The van der Waals surface area contributed by atoms with Crippen LogP contribution in [0.3, 0.4) is 0 Å². The largest absolute Gasteiger partial charge is 0.481 e. The Morgan fingerprint density at radius 1 is 1.33 bits per heavy atom. The molecule has 2 fully saturated rings. The molecule has 0 radical (unpaired) electrons. The van der Waals surface area contributed by atoms with Gasteiger partial charge in [-0.1, -0.05) is 23.7 Å². The van der Waals surface area contributed by atoms with E-state index in [0.717, 1.165) is 0 Å². The predicted molar refractivity (Wildman–Crippen MR) is 89.2 cm³/mol. The van der Waals surface area contributed by atoms with Crippen molar-refractivity contribution in [1.29, 1.82) is 0 Å². The lowest BCUT2D eigenvalue weighted by Crippen LogP contribution is -2.42. The molecule has 0 saturated carbocycles. The first kappa shape index (κ1) is 17.2. The molecule has 1 unspecified atom stereocenters. The summed E-state index contributed by atoms with van der Waals surface area (Å²) in [6.45, 7) is 3.07. The molecule has 0 aromatic heterocycles. The molecular formula is C17H21ClN2O4. The molecular weight excluding hydrogens is 332 g/mol. The van der Waals surface area contributed by atoms with Crippen LogP contribution in [0.5, 0.6) is 0 Å². The molecule has 24 heavy (non-hydrogen) atoms. The number of likely N-dealkylation sites (tertiary alicyclic amines) is 2. The van der Waals surface area contributed by atoms with Crippen LogP contribution in [-0.4, -0.2) is 73.2 Å². The molecule has 1 aromatic carbocycles. The van der Waals surface area contributed by atoms with Crippen molar-refractivity contribution in [2.75, 3.05) is 46.4 Å². The van der Waals surface area contributed by atoms with Gasteiger partial charge in [-0.3, -0.25) is 14.5 Å². The highest BCUT2D eigenvalue weighted by molar-refractivity contribution is 6.33. The zero-order valence-electron chi connectivity index (χ0n) is 13.6. The fraction of sp³-hybridized carbons (Fsp3) is 0.529. The van der Waals surface area contributed by atoms with E-state index in [1.165, 1.54) is 0 Å². The summed E-state index contributed by atoms with van der Waals surface area (Å²) < 4.78 is 5.08. The molecule has 2 heterocycles. The number of hydrogen-bond donors (Lipinski definition) is 1. The van der Waals surface area contributed by atoms with Crippen molar-refractivity contribution < 1.29 is 19.4 Å². The number of methoxy groups -OCH3 is 1. The SMILES string of the molecule is COCCN1CC2CN(C(=O)c3ccccc3Cl)C[C@]2(C(=O)O)C1. The molecule has 2 saturated heterocycles. The van der Waals surface area contributed by atoms with Gasteiger partial charge in [-0.25, -0.2) is 0 Å². The van der Waals surface area contributed by atoms with E-state index in [4.69, 9.17) is 16.3 Å². The van der Waals surface area contributed by atoms with Crippen molar-refractivity contribution in [3.63, 3.8) is 0 Å². The van der Waals surface area contributed by atoms with Crippen LogP contribution in [0.25, 0.3) is 0 Å². The highest BCUT2D eigenvalue weighted by atomic mass is 35.5. The fourth-order valence-corrected chi connectivity index (χ4v) is 4.04. The van der Waals surface area contributed by atoms with Gasteiger partial charge >= 0.3 is 5.97 Å². The number of hydrogen-bond acceptors (Lipinski definition) is 4. The average Bonchev–Trinajstić information content (AvgIpc) is 3.07. The third-order valence-corrected chi connectivity index (χ3v) is 5.44. The monoisotopic (exact) mass is 352 g/mol. The van der Waals surface area contributed by atoms with Gasteiger partial charge in [0.25, 0.3) is 5.91 Å². The number of carboxylic acids is 1. The fourth-order valence-electron chi connectivity index (χ4n) is 3.82. The molecule has 7 heteroatoms. The van der Waals surface area contributed by atoms with Gasteiger partial charge in [-0.2, -0.15) is 0 Å². The lowest BCUT2D eigenvalue weighted by molar-refractivity contribution is -0.148. The summed E-state index contributed by atoms with van der Waals surface area (Å²) in [4.78, 5) is 28.4. The van der Waals surface area contributed by atoms with Crippen LogP contribution in [0.1, 0.15) is 10.4 Å². The van der Waals surface area contributed by atoms with Crippen molar-refractivity contribution in [3.05, 3.63) is 34.9 Å². The second kappa shape index (κ2) is 6.70. The minimum Gasteiger partial charge on any atom is -0.481 e. The van der Waals surface area contributed by atoms with Gasteiger partial charge in [0.05, 0.1) is 17.2 Å². The molecule has 3 rings (SSSR count). The summed E-state index contributed by atoms with van der Waals surface area (Å²) >= 11 is 6.11. The molecule has 2 aliphatic rings. The zero-order chi connectivity index (χ0) is 17.3. The maximum absolute atomic E-state index is 12.7. The molecule has 1 N–H and O–H groups in total. The minimum absolute atomic E-state index is 0.0710. The molecule has 0 aliphatic carbocycles. The topological polar surface area (TPSA) is 70.1 Å². The Morgan fingerprint density at radius 3 is 2.71 bits per heavy atom. The summed E-state index contributed by atoms with van der Waals surface area (Å²) in [6, 6.07) is 6.88. The summed E-state index contributed by atoms with van der Waals surface area (Å²) in [5, 5.41) is 10.2. The van der Waals surface area contributed by atoms with Crippen LogP contribution < -0.4 is 0 Å². The van der Waals surface area contributed by atoms with Crippen molar-refractivity contribution >= 4 is 23.5 Å². The van der Waals surface area contributed by atoms with Crippen LogP contribution in [0.4, 0.5) is 0 Å². The summed E-state index contributed by atoms with van der Waals surface area (Å²) in [5.74, 6) is -1.10. The number of carboxylic acid groups (broad SMARTS) is 1. The first-order valence-electron chi connectivity index (χ1n) is 7.96. The number of amides is 1.